The first-order valence-electron chi connectivity index (χ1n) is 12.5. The van der Waals surface area contributed by atoms with E-state index >= 15 is 0 Å². The summed E-state index contributed by atoms with van der Waals surface area (Å²) in [6.07, 6.45) is -0.928. The fraction of sp³-hybridized carbons (Fsp3) is 0.826. The minimum atomic E-state index is -2.81. The number of nitrogens with one attached hydrogen (secondary N) is 1. The summed E-state index contributed by atoms with van der Waals surface area (Å²) in [5.41, 5.74) is 0.340. The highest BCUT2D eigenvalue weighted by molar-refractivity contribution is 6.83. The lowest BCUT2D eigenvalue weighted by Crippen LogP contribution is -2.65. The van der Waals surface area contributed by atoms with E-state index in [4.69, 9.17) is 22.4 Å². The quantitative estimate of drug-likeness (QED) is 0.609. The van der Waals surface area contributed by atoms with Gasteiger partial charge in [0.2, 0.25) is 0 Å². The first kappa shape index (κ1) is 26.0. The van der Waals surface area contributed by atoms with Crippen molar-refractivity contribution in [3.8, 4) is 0 Å². The highest BCUT2D eigenvalue weighted by atomic mass is 28.5. The third-order valence-electron chi connectivity index (χ3n) is 7.64. The van der Waals surface area contributed by atoms with Gasteiger partial charge in [0.1, 0.15) is 12.2 Å². The van der Waals surface area contributed by atoms with E-state index in [9.17, 15) is 9.59 Å². The number of H-pyrrole nitrogens is 1. The monoisotopic (exact) mass is 512 g/mol. The lowest BCUT2D eigenvalue weighted by atomic mass is 10.2. The number of ether oxygens (including phenoxy) is 2. The van der Waals surface area contributed by atoms with Crippen LogP contribution >= 0.6 is 0 Å². The van der Waals surface area contributed by atoms with Crippen molar-refractivity contribution in [1.29, 1.82) is 0 Å². The molecule has 3 aliphatic heterocycles. The lowest BCUT2D eigenvalue weighted by molar-refractivity contribution is -0.282. The molecule has 11 heteroatoms. The molecular weight excluding hydrogens is 472 g/mol. The Morgan fingerprint density at radius 3 is 2.09 bits per heavy atom. The summed E-state index contributed by atoms with van der Waals surface area (Å²) < 4.78 is 35.3. The molecule has 4 atom stereocenters. The zero-order chi connectivity index (χ0) is 25.2. The molecule has 1 spiro atoms. The zero-order valence-corrected chi connectivity index (χ0v) is 23.8. The fourth-order valence-corrected chi connectivity index (χ4v) is 17.1. The van der Waals surface area contributed by atoms with Crippen molar-refractivity contribution in [3.05, 3.63) is 32.6 Å². The Balaban J connectivity index is 1.81. The average Bonchev–Trinajstić information content (AvgIpc) is 3.17. The number of nitrogens with zero attached hydrogens (tertiary/aromatic N) is 1. The number of aromatic nitrogens is 2. The van der Waals surface area contributed by atoms with Crippen molar-refractivity contribution in [2.75, 3.05) is 6.61 Å². The van der Waals surface area contributed by atoms with Crippen LogP contribution in [0.15, 0.2) is 15.7 Å². The van der Waals surface area contributed by atoms with Gasteiger partial charge in [-0.05, 0) is 29.1 Å². The minimum Gasteiger partial charge on any atom is -0.414 e. The molecule has 1 aromatic rings. The van der Waals surface area contributed by atoms with Crippen LogP contribution in [-0.4, -0.2) is 45.5 Å². The smallest absolute Gasteiger partial charge is 0.335 e. The van der Waals surface area contributed by atoms with Crippen LogP contribution in [0, 0.1) is 0 Å². The highest BCUT2D eigenvalue weighted by Gasteiger charge is 2.63. The second-order valence-corrected chi connectivity index (χ2v) is 20.0. The third kappa shape index (κ3) is 3.84. The summed E-state index contributed by atoms with van der Waals surface area (Å²) in [4.78, 5) is 27.2. The molecular formula is C23H40N2O7Si2. The molecule has 0 unspecified atom stereocenters. The van der Waals surface area contributed by atoms with Gasteiger partial charge in [-0.1, -0.05) is 55.4 Å². The Morgan fingerprint density at radius 2 is 1.53 bits per heavy atom. The summed E-state index contributed by atoms with van der Waals surface area (Å²) in [6, 6.07) is 1.40. The molecule has 34 heavy (non-hydrogen) atoms. The van der Waals surface area contributed by atoms with E-state index in [1.54, 1.807) is 0 Å². The fourth-order valence-electron chi connectivity index (χ4n) is 5.94. The molecule has 1 aromatic heterocycles. The summed E-state index contributed by atoms with van der Waals surface area (Å²) in [5.74, 6) is -1.34. The Bertz CT molecular complexity index is 1020. The molecule has 3 aliphatic rings. The van der Waals surface area contributed by atoms with E-state index in [1.807, 2.05) is 6.92 Å². The molecule has 4 rings (SSSR count). The molecule has 2 saturated heterocycles. The number of rotatable bonds is 4. The van der Waals surface area contributed by atoms with Gasteiger partial charge in [-0.15, -0.1) is 0 Å². The Morgan fingerprint density at radius 1 is 0.941 bits per heavy atom. The first-order valence-corrected chi connectivity index (χ1v) is 16.5. The van der Waals surface area contributed by atoms with Crippen molar-refractivity contribution < 1.29 is 22.4 Å². The van der Waals surface area contributed by atoms with Crippen LogP contribution in [0.5, 0.6) is 0 Å². The van der Waals surface area contributed by atoms with Gasteiger partial charge in [0, 0.05) is 6.07 Å². The summed E-state index contributed by atoms with van der Waals surface area (Å²) in [6.45, 7) is 19.5. The molecule has 0 radical (unpaired) electrons. The lowest BCUT2D eigenvalue weighted by Gasteiger charge is -2.51. The number of hydrogen-bond acceptors (Lipinski definition) is 7. The van der Waals surface area contributed by atoms with Crippen molar-refractivity contribution in [3.63, 3.8) is 0 Å². The standard InChI is InChI=1S/C23H40N2O7Si2/c1-13(2)33(14(3)4)28-12-20-19(31-34(32-33,15(5)6)16(7)8)11-23(30-20)25-18(17(9)29-23)10-21(26)24-22(25)27/h10,13-17,19-20H,11-12H2,1-9H3,(H,24,26,27)/t17-,19-,20+,23+/m0/s1. The predicted octanol–water partition coefficient (Wildman–Crippen LogP) is 3.98. The molecule has 4 heterocycles. The van der Waals surface area contributed by atoms with Crippen LogP contribution in [0.1, 0.15) is 80.5 Å². The SMILES string of the molecule is CC(C)[Si]1(C(C)C)OC[C@H]2O[C@@]3(C[C@@H]2O[Si](C(C)C)(C(C)C)O1)O[C@@H](C)c1cc(=O)[nH]c(=O)n13. The number of aromatic amines is 1. The van der Waals surface area contributed by atoms with Crippen LogP contribution in [0.3, 0.4) is 0 Å². The zero-order valence-electron chi connectivity index (χ0n) is 21.8. The largest absolute Gasteiger partial charge is 0.414 e. The normalized spacial score (nSPS) is 32.4. The van der Waals surface area contributed by atoms with Gasteiger partial charge >= 0.3 is 22.8 Å². The first-order chi connectivity index (χ1) is 15.8. The van der Waals surface area contributed by atoms with Crippen molar-refractivity contribution in [2.24, 2.45) is 0 Å². The van der Waals surface area contributed by atoms with Crippen molar-refractivity contribution in [2.45, 2.75) is 115 Å². The molecule has 0 amide bonds. The summed E-state index contributed by atoms with van der Waals surface area (Å²) >= 11 is 0. The molecule has 192 valence electrons. The van der Waals surface area contributed by atoms with Gasteiger partial charge in [-0.25, -0.2) is 9.36 Å². The second-order valence-electron chi connectivity index (χ2n) is 11.2. The van der Waals surface area contributed by atoms with Gasteiger partial charge in [-0.3, -0.25) is 9.78 Å². The Labute approximate surface area is 203 Å². The second kappa shape index (κ2) is 8.79. The van der Waals surface area contributed by atoms with Crippen molar-refractivity contribution in [1.82, 2.24) is 9.55 Å². The van der Waals surface area contributed by atoms with Crippen LogP contribution in [0.25, 0.3) is 0 Å². The Hall–Kier alpha value is -1.09. The van der Waals surface area contributed by atoms with Gasteiger partial charge < -0.3 is 22.4 Å². The van der Waals surface area contributed by atoms with Crippen LogP contribution < -0.4 is 11.2 Å². The summed E-state index contributed by atoms with van der Waals surface area (Å²) in [5, 5.41) is 0. The van der Waals surface area contributed by atoms with Crippen LogP contribution in [0.4, 0.5) is 0 Å². The van der Waals surface area contributed by atoms with E-state index in [0.29, 0.717) is 18.7 Å². The number of hydrogen-bond donors (Lipinski definition) is 1. The summed E-state index contributed by atoms with van der Waals surface area (Å²) in [7, 11) is -5.51. The maximum Gasteiger partial charge on any atom is 0.335 e. The molecule has 2 fully saturated rings. The van der Waals surface area contributed by atoms with Crippen LogP contribution in [0.2, 0.25) is 22.2 Å². The average molecular weight is 513 g/mol. The van der Waals surface area contributed by atoms with Crippen LogP contribution in [-0.2, 0) is 28.4 Å². The van der Waals surface area contributed by atoms with E-state index < -0.39 is 46.5 Å². The maximum absolute atomic E-state index is 12.9. The van der Waals surface area contributed by atoms with E-state index in [-0.39, 0.29) is 28.3 Å². The van der Waals surface area contributed by atoms with E-state index in [1.165, 1.54) is 10.6 Å². The van der Waals surface area contributed by atoms with Gasteiger partial charge in [0.05, 0.1) is 24.8 Å². The van der Waals surface area contributed by atoms with Gasteiger partial charge in [-0.2, -0.15) is 0 Å². The van der Waals surface area contributed by atoms with Crippen molar-refractivity contribution >= 4 is 17.1 Å². The molecule has 0 aliphatic carbocycles. The minimum absolute atomic E-state index is 0.186. The molecule has 0 saturated carbocycles. The molecule has 0 bridgehead atoms. The third-order valence-corrected chi connectivity index (χ3v) is 17.9. The topological polar surface area (TPSA) is 101 Å². The van der Waals surface area contributed by atoms with E-state index in [2.05, 4.69) is 60.4 Å². The number of fused-ring (bicyclic) bond motifs is 3. The van der Waals surface area contributed by atoms with Gasteiger partial charge in [0.25, 0.3) is 11.5 Å². The van der Waals surface area contributed by atoms with E-state index in [0.717, 1.165) is 0 Å². The Kier molecular flexibility index (Phi) is 6.72. The highest BCUT2D eigenvalue weighted by Crippen LogP contribution is 2.51. The maximum atomic E-state index is 12.9. The van der Waals surface area contributed by atoms with Gasteiger partial charge in [0.15, 0.2) is 0 Å². The molecule has 1 N–H and O–H groups in total. The molecule has 9 nitrogen and oxygen atoms in total. The molecule has 0 aromatic carbocycles. The predicted molar refractivity (Wildman–Crippen MR) is 132 cm³/mol.